The Hall–Kier alpha value is -2.14. The molecule has 1 aliphatic rings. The molecule has 0 spiro atoms. The first kappa shape index (κ1) is 16.7. The summed E-state index contributed by atoms with van der Waals surface area (Å²) in [4.78, 5) is 14.7. The lowest BCUT2D eigenvalue weighted by atomic mass is 10.1. The second-order valence-electron chi connectivity index (χ2n) is 6.30. The van der Waals surface area contributed by atoms with E-state index in [2.05, 4.69) is 10.2 Å². The number of halogens is 1. The topological polar surface area (TPSA) is 45.5 Å². The maximum absolute atomic E-state index is 13.6. The minimum Gasteiger partial charge on any atom is -0.468 e. The summed E-state index contributed by atoms with van der Waals surface area (Å²) < 4.78 is 19.2. The molecule has 2 aromatic rings. The minimum atomic E-state index is -0.360. The first-order valence-electron chi connectivity index (χ1n) is 8.47. The summed E-state index contributed by atoms with van der Waals surface area (Å²) in [5.41, 5.74) is 0.878. The van der Waals surface area contributed by atoms with Gasteiger partial charge in [0, 0.05) is 12.1 Å². The van der Waals surface area contributed by atoms with Crippen LogP contribution in [0.2, 0.25) is 0 Å². The van der Waals surface area contributed by atoms with Gasteiger partial charge in [0.05, 0.1) is 12.3 Å². The van der Waals surface area contributed by atoms with Gasteiger partial charge in [0.2, 0.25) is 0 Å². The lowest BCUT2D eigenvalue weighted by Crippen LogP contribution is -2.40. The molecule has 5 heteroatoms. The normalized spacial score (nSPS) is 16.8. The zero-order chi connectivity index (χ0) is 16.9. The van der Waals surface area contributed by atoms with Crippen molar-refractivity contribution >= 4 is 5.91 Å². The van der Waals surface area contributed by atoms with E-state index in [-0.39, 0.29) is 17.8 Å². The van der Waals surface area contributed by atoms with Crippen LogP contribution in [0.5, 0.6) is 0 Å². The van der Waals surface area contributed by atoms with E-state index in [0.29, 0.717) is 17.7 Å². The second-order valence-corrected chi connectivity index (χ2v) is 6.30. The molecule has 0 aliphatic carbocycles. The Labute approximate surface area is 141 Å². The molecule has 3 rings (SSSR count). The van der Waals surface area contributed by atoms with Crippen molar-refractivity contribution in [1.29, 1.82) is 0 Å². The largest absolute Gasteiger partial charge is 0.468 e. The third-order valence-corrected chi connectivity index (χ3v) is 4.59. The van der Waals surface area contributed by atoms with E-state index < -0.39 is 0 Å². The number of nitrogens with one attached hydrogen (secondary N) is 1. The van der Waals surface area contributed by atoms with Crippen molar-refractivity contribution in [2.24, 2.45) is 0 Å². The number of carbonyl (C=O) groups is 1. The predicted molar refractivity (Wildman–Crippen MR) is 90.3 cm³/mol. The van der Waals surface area contributed by atoms with Gasteiger partial charge in [0.25, 0.3) is 5.91 Å². The van der Waals surface area contributed by atoms with E-state index in [0.717, 1.165) is 31.7 Å². The molecule has 4 nitrogen and oxygen atoms in total. The average Bonchev–Trinajstić information content (AvgIpc) is 3.12. The van der Waals surface area contributed by atoms with Crippen LogP contribution in [0.4, 0.5) is 4.39 Å². The van der Waals surface area contributed by atoms with E-state index in [1.54, 1.807) is 25.3 Å². The number of piperidine rings is 1. The smallest absolute Gasteiger partial charge is 0.251 e. The van der Waals surface area contributed by atoms with Crippen LogP contribution in [0.3, 0.4) is 0 Å². The lowest BCUT2D eigenvalue weighted by molar-refractivity contribution is 0.0913. The molecule has 1 saturated heterocycles. The summed E-state index contributed by atoms with van der Waals surface area (Å²) in [6.45, 7) is 4.13. The number of rotatable bonds is 5. The van der Waals surface area contributed by atoms with E-state index in [4.69, 9.17) is 4.42 Å². The van der Waals surface area contributed by atoms with Crippen LogP contribution >= 0.6 is 0 Å². The van der Waals surface area contributed by atoms with Gasteiger partial charge in [0.1, 0.15) is 11.6 Å². The molecule has 1 amide bonds. The minimum absolute atomic E-state index is 0.0135. The highest BCUT2D eigenvalue weighted by Crippen LogP contribution is 2.24. The fraction of sp³-hybridized carbons (Fsp3) is 0.421. The molecule has 128 valence electrons. The average molecular weight is 330 g/mol. The standard InChI is InChI=1S/C19H23FN2O2/c1-14-7-8-15(12-16(14)20)19(23)21-13-17(18-6-5-11-24-18)22-9-3-2-4-10-22/h5-8,11-12,17H,2-4,9-10,13H2,1H3,(H,21,23). The van der Waals surface area contributed by atoms with Crippen molar-refractivity contribution in [3.05, 3.63) is 59.3 Å². The first-order valence-corrected chi connectivity index (χ1v) is 8.47. The number of benzene rings is 1. The van der Waals surface area contributed by atoms with Gasteiger partial charge in [-0.05, 0) is 62.7 Å². The van der Waals surface area contributed by atoms with Crippen molar-refractivity contribution in [3.8, 4) is 0 Å². The van der Waals surface area contributed by atoms with Gasteiger partial charge >= 0.3 is 0 Å². The van der Waals surface area contributed by atoms with Gasteiger partial charge in [-0.1, -0.05) is 12.5 Å². The fourth-order valence-corrected chi connectivity index (χ4v) is 3.15. The van der Waals surface area contributed by atoms with Gasteiger partial charge in [0.15, 0.2) is 0 Å². The number of amides is 1. The first-order chi connectivity index (χ1) is 11.6. The molecular formula is C19H23FN2O2. The monoisotopic (exact) mass is 330 g/mol. The molecule has 1 aromatic carbocycles. The van der Waals surface area contributed by atoms with Crippen LogP contribution in [-0.2, 0) is 0 Å². The van der Waals surface area contributed by atoms with E-state index in [9.17, 15) is 9.18 Å². The third-order valence-electron chi connectivity index (χ3n) is 4.59. The summed E-state index contributed by atoms with van der Waals surface area (Å²) in [5, 5.41) is 2.92. The molecule has 1 N–H and O–H groups in total. The van der Waals surface area contributed by atoms with Crippen LogP contribution in [0.1, 0.15) is 47.0 Å². The highest BCUT2D eigenvalue weighted by molar-refractivity contribution is 5.94. The SMILES string of the molecule is Cc1ccc(C(=O)NCC(c2ccco2)N2CCCCC2)cc1F. The molecule has 24 heavy (non-hydrogen) atoms. The highest BCUT2D eigenvalue weighted by Gasteiger charge is 2.25. The Balaban J connectivity index is 1.68. The molecule has 1 atom stereocenters. The number of furan rings is 1. The molecule has 0 bridgehead atoms. The van der Waals surface area contributed by atoms with Crippen molar-refractivity contribution in [2.45, 2.75) is 32.2 Å². The lowest BCUT2D eigenvalue weighted by Gasteiger charge is -2.33. The summed E-state index contributed by atoms with van der Waals surface area (Å²) in [6, 6.07) is 8.38. The highest BCUT2D eigenvalue weighted by atomic mass is 19.1. The molecule has 1 aliphatic heterocycles. The molecule has 0 radical (unpaired) electrons. The number of likely N-dealkylation sites (tertiary alicyclic amines) is 1. The van der Waals surface area contributed by atoms with Crippen molar-refractivity contribution < 1.29 is 13.6 Å². The van der Waals surface area contributed by atoms with Gasteiger partial charge in [-0.25, -0.2) is 4.39 Å². The Bertz CT molecular complexity index is 679. The van der Waals surface area contributed by atoms with Crippen LogP contribution in [0.25, 0.3) is 0 Å². The van der Waals surface area contributed by atoms with Crippen LogP contribution in [0, 0.1) is 12.7 Å². The number of aryl methyl sites for hydroxylation is 1. The molecule has 1 unspecified atom stereocenters. The number of hydrogen-bond acceptors (Lipinski definition) is 3. The Morgan fingerprint density at radius 1 is 1.29 bits per heavy atom. The van der Waals surface area contributed by atoms with Crippen molar-refractivity contribution in [1.82, 2.24) is 10.2 Å². The van der Waals surface area contributed by atoms with E-state index in [1.807, 2.05) is 12.1 Å². The van der Waals surface area contributed by atoms with Crippen molar-refractivity contribution in [2.75, 3.05) is 19.6 Å². The molecule has 1 fully saturated rings. The molecular weight excluding hydrogens is 307 g/mol. The number of carbonyl (C=O) groups excluding carboxylic acids is 1. The third kappa shape index (κ3) is 3.85. The molecule has 1 aromatic heterocycles. The fourth-order valence-electron chi connectivity index (χ4n) is 3.15. The zero-order valence-corrected chi connectivity index (χ0v) is 13.9. The van der Waals surface area contributed by atoms with E-state index in [1.165, 1.54) is 12.5 Å². The second kappa shape index (κ2) is 7.62. The van der Waals surface area contributed by atoms with Gasteiger partial charge in [-0.2, -0.15) is 0 Å². The van der Waals surface area contributed by atoms with Crippen LogP contribution < -0.4 is 5.32 Å². The zero-order valence-electron chi connectivity index (χ0n) is 13.9. The Morgan fingerprint density at radius 3 is 2.75 bits per heavy atom. The summed E-state index contributed by atoms with van der Waals surface area (Å²) in [5.74, 6) is 0.232. The summed E-state index contributed by atoms with van der Waals surface area (Å²) in [6.07, 6.45) is 5.22. The Kier molecular flexibility index (Phi) is 5.30. The van der Waals surface area contributed by atoms with E-state index >= 15 is 0 Å². The van der Waals surface area contributed by atoms with Crippen LogP contribution in [-0.4, -0.2) is 30.4 Å². The molecule has 2 heterocycles. The maximum atomic E-state index is 13.6. The Morgan fingerprint density at radius 2 is 2.08 bits per heavy atom. The van der Waals surface area contributed by atoms with Gasteiger partial charge < -0.3 is 9.73 Å². The van der Waals surface area contributed by atoms with Gasteiger partial charge in [-0.3, -0.25) is 9.69 Å². The molecule has 0 saturated carbocycles. The summed E-state index contributed by atoms with van der Waals surface area (Å²) in [7, 11) is 0. The summed E-state index contributed by atoms with van der Waals surface area (Å²) >= 11 is 0. The van der Waals surface area contributed by atoms with Gasteiger partial charge in [-0.15, -0.1) is 0 Å². The predicted octanol–water partition coefficient (Wildman–Crippen LogP) is 3.68. The van der Waals surface area contributed by atoms with Crippen molar-refractivity contribution in [3.63, 3.8) is 0 Å². The quantitative estimate of drug-likeness (QED) is 0.909. The van der Waals surface area contributed by atoms with Crippen LogP contribution in [0.15, 0.2) is 41.0 Å². The number of hydrogen-bond donors (Lipinski definition) is 1. The number of nitrogens with zero attached hydrogens (tertiary/aromatic N) is 1. The maximum Gasteiger partial charge on any atom is 0.251 e.